The Bertz CT molecular complexity index is 1170. The fourth-order valence-corrected chi connectivity index (χ4v) is 4.11. The lowest BCUT2D eigenvalue weighted by Crippen LogP contribution is -2.41. The molecule has 1 unspecified atom stereocenters. The summed E-state index contributed by atoms with van der Waals surface area (Å²) in [5, 5.41) is 6.73. The summed E-state index contributed by atoms with van der Waals surface area (Å²) in [5.41, 5.74) is 2.17. The number of carbonyl (C=O) groups excluding carboxylic acids is 1. The first-order valence-corrected chi connectivity index (χ1v) is 11.1. The summed E-state index contributed by atoms with van der Waals surface area (Å²) >= 11 is 0. The highest BCUT2D eigenvalue weighted by Crippen LogP contribution is 2.39. The summed E-state index contributed by atoms with van der Waals surface area (Å²) < 4.78 is 32.7. The molecule has 0 aliphatic heterocycles. The number of rotatable bonds is 7. The second-order valence-corrected chi connectivity index (χ2v) is 9.17. The molecule has 0 spiro atoms. The van der Waals surface area contributed by atoms with Gasteiger partial charge in [0.05, 0.1) is 10.9 Å². The van der Waals surface area contributed by atoms with Gasteiger partial charge in [-0.15, -0.1) is 0 Å². The van der Waals surface area contributed by atoms with E-state index in [4.69, 9.17) is 4.52 Å². The van der Waals surface area contributed by atoms with E-state index < -0.39 is 22.0 Å². The largest absolute Gasteiger partial charge is 0.339 e. The molecule has 1 aliphatic rings. The maximum Gasteiger partial charge on any atom is 0.242 e. The summed E-state index contributed by atoms with van der Waals surface area (Å²) in [6.45, 7) is 3.36. The van der Waals surface area contributed by atoms with Crippen molar-refractivity contribution >= 4 is 21.6 Å². The van der Waals surface area contributed by atoms with Gasteiger partial charge >= 0.3 is 0 Å². The predicted molar refractivity (Wildman–Crippen MR) is 111 cm³/mol. The molecule has 156 valence electrons. The fourth-order valence-electron chi connectivity index (χ4n) is 2.91. The number of nitrogens with zero attached hydrogens (tertiary/aromatic N) is 2. The van der Waals surface area contributed by atoms with Gasteiger partial charge < -0.3 is 9.84 Å². The molecule has 0 radical (unpaired) electrons. The zero-order chi connectivity index (χ0) is 21.3. The topological polar surface area (TPSA) is 114 Å². The number of hydrogen-bond donors (Lipinski definition) is 2. The molecular formula is C21H22N4O4S. The molecule has 3 aromatic rings. The summed E-state index contributed by atoms with van der Waals surface area (Å²) in [5.74, 6) is 0.978. The number of aromatic nitrogens is 2. The third-order valence-corrected chi connectivity index (χ3v) is 6.37. The Morgan fingerprint density at radius 2 is 1.90 bits per heavy atom. The van der Waals surface area contributed by atoms with Crippen molar-refractivity contribution < 1.29 is 17.7 Å². The van der Waals surface area contributed by atoms with Gasteiger partial charge in [-0.05, 0) is 51.0 Å². The van der Waals surface area contributed by atoms with Crippen molar-refractivity contribution in [2.45, 2.75) is 43.5 Å². The molecule has 30 heavy (non-hydrogen) atoms. The third-order valence-electron chi connectivity index (χ3n) is 4.81. The Balaban J connectivity index is 1.43. The minimum Gasteiger partial charge on any atom is -0.339 e. The van der Waals surface area contributed by atoms with Gasteiger partial charge in [-0.25, -0.2) is 8.42 Å². The van der Waals surface area contributed by atoms with Crippen LogP contribution in [0.4, 0.5) is 5.69 Å². The van der Waals surface area contributed by atoms with E-state index in [0.717, 1.165) is 18.4 Å². The molecular weight excluding hydrogens is 404 g/mol. The summed E-state index contributed by atoms with van der Waals surface area (Å²) in [7, 11) is -3.81. The molecule has 2 N–H and O–H groups in total. The molecule has 2 aromatic carbocycles. The quantitative estimate of drug-likeness (QED) is 0.600. The molecule has 1 amide bonds. The number of benzene rings is 2. The summed E-state index contributed by atoms with van der Waals surface area (Å²) in [4.78, 5) is 17.1. The van der Waals surface area contributed by atoms with Gasteiger partial charge in [-0.3, -0.25) is 4.79 Å². The lowest BCUT2D eigenvalue weighted by atomic mass is 10.2. The van der Waals surface area contributed by atoms with Crippen LogP contribution in [0.3, 0.4) is 0 Å². The predicted octanol–water partition coefficient (Wildman–Crippen LogP) is 3.23. The molecule has 1 atom stereocenters. The highest BCUT2D eigenvalue weighted by Gasteiger charge is 2.30. The van der Waals surface area contributed by atoms with E-state index in [2.05, 4.69) is 20.2 Å². The van der Waals surface area contributed by atoms with Crippen LogP contribution in [-0.4, -0.2) is 30.5 Å². The van der Waals surface area contributed by atoms with Crippen molar-refractivity contribution in [3.05, 3.63) is 60.0 Å². The van der Waals surface area contributed by atoms with Crippen molar-refractivity contribution in [3.63, 3.8) is 0 Å². The minimum absolute atomic E-state index is 0.110. The number of aryl methyl sites for hydroxylation is 1. The van der Waals surface area contributed by atoms with Crippen LogP contribution in [-0.2, 0) is 14.8 Å². The summed E-state index contributed by atoms with van der Waals surface area (Å²) in [6, 6.07) is 12.5. The molecule has 4 rings (SSSR count). The molecule has 0 bridgehead atoms. The van der Waals surface area contributed by atoms with E-state index in [0.29, 0.717) is 28.9 Å². The smallest absolute Gasteiger partial charge is 0.242 e. The summed E-state index contributed by atoms with van der Waals surface area (Å²) in [6.07, 6.45) is 2.13. The normalized spacial score (nSPS) is 15.0. The number of amides is 1. The lowest BCUT2D eigenvalue weighted by molar-refractivity contribution is -0.117. The molecule has 0 saturated heterocycles. The van der Waals surface area contributed by atoms with E-state index in [9.17, 15) is 13.2 Å². The van der Waals surface area contributed by atoms with E-state index in [1.807, 2.05) is 13.0 Å². The number of sulfonamides is 1. The highest BCUT2D eigenvalue weighted by molar-refractivity contribution is 7.89. The molecule has 9 heteroatoms. The first-order chi connectivity index (χ1) is 14.3. The molecule has 8 nitrogen and oxygen atoms in total. The van der Waals surface area contributed by atoms with Crippen LogP contribution < -0.4 is 10.0 Å². The van der Waals surface area contributed by atoms with Crippen LogP contribution in [0.15, 0.2) is 57.9 Å². The van der Waals surface area contributed by atoms with Crippen molar-refractivity contribution in [2.24, 2.45) is 0 Å². The highest BCUT2D eigenvalue weighted by atomic mass is 32.2. The van der Waals surface area contributed by atoms with Crippen LogP contribution in [0, 0.1) is 6.92 Å². The second kappa shape index (κ2) is 8.00. The fraction of sp³-hybridized carbons (Fsp3) is 0.286. The van der Waals surface area contributed by atoms with Crippen molar-refractivity contribution in [1.82, 2.24) is 14.9 Å². The minimum atomic E-state index is -3.81. The number of nitrogens with one attached hydrogen (secondary N) is 2. The van der Waals surface area contributed by atoms with Gasteiger partial charge in [-0.2, -0.15) is 9.71 Å². The van der Waals surface area contributed by atoms with E-state index in [1.54, 1.807) is 30.3 Å². The Hall–Kier alpha value is -3.04. The average molecular weight is 426 g/mol. The van der Waals surface area contributed by atoms with Crippen molar-refractivity contribution in [3.8, 4) is 11.4 Å². The Kier molecular flexibility index (Phi) is 5.40. The maximum absolute atomic E-state index is 12.5. The first-order valence-electron chi connectivity index (χ1n) is 9.66. The number of hydrogen-bond acceptors (Lipinski definition) is 6. The van der Waals surface area contributed by atoms with E-state index in [-0.39, 0.29) is 4.90 Å². The first kappa shape index (κ1) is 20.2. The van der Waals surface area contributed by atoms with Gasteiger partial charge in [0.25, 0.3) is 0 Å². The Labute approximate surface area is 174 Å². The maximum atomic E-state index is 12.5. The second-order valence-electron chi connectivity index (χ2n) is 7.46. The SMILES string of the molecule is Cc1ccc(S(=O)(=O)NC(C)C(=O)Nc2cccc(-c3noc(C4CC4)n3)c2)cc1. The molecule has 1 heterocycles. The van der Waals surface area contributed by atoms with E-state index in [1.165, 1.54) is 19.1 Å². The monoisotopic (exact) mass is 426 g/mol. The van der Waals surface area contributed by atoms with Gasteiger partial charge in [0.2, 0.25) is 27.6 Å². The Morgan fingerprint density at radius 1 is 1.17 bits per heavy atom. The van der Waals surface area contributed by atoms with Gasteiger partial charge in [0.15, 0.2) is 0 Å². The molecule has 1 saturated carbocycles. The number of anilines is 1. The third kappa shape index (κ3) is 4.58. The van der Waals surface area contributed by atoms with Crippen LogP contribution in [0.25, 0.3) is 11.4 Å². The van der Waals surface area contributed by atoms with Crippen molar-refractivity contribution in [1.29, 1.82) is 0 Å². The van der Waals surface area contributed by atoms with Gasteiger partial charge in [0.1, 0.15) is 0 Å². The average Bonchev–Trinajstić information content (AvgIpc) is 3.45. The number of carbonyl (C=O) groups is 1. The van der Waals surface area contributed by atoms with Gasteiger partial charge in [-0.1, -0.05) is 35.0 Å². The van der Waals surface area contributed by atoms with Gasteiger partial charge in [0, 0.05) is 17.2 Å². The van der Waals surface area contributed by atoms with Crippen LogP contribution in [0.1, 0.15) is 37.1 Å². The lowest BCUT2D eigenvalue weighted by Gasteiger charge is -2.15. The standard InChI is InChI=1S/C21H22N4O4S/c1-13-6-10-18(11-7-13)30(27,28)25-14(2)20(26)22-17-5-3-4-16(12-17)19-23-21(29-24-19)15-8-9-15/h3-7,10-12,14-15,25H,8-9H2,1-2H3,(H,22,26). The molecule has 1 aromatic heterocycles. The Morgan fingerprint density at radius 3 is 2.60 bits per heavy atom. The van der Waals surface area contributed by atoms with E-state index >= 15 is 0 Å². The zero-order valence-electron chi connectivity index (χ0n) is 16.6. The molecule has 1 fully saturated rings. The molecule has 1 aliphatic carbocycles. The van der Waals surface area contributed by atoms with Crippen LogP contribution in [0.5, 0.6) is 0 Å². The zero-order valence-corrected chi connectivity index (χ0v) is 17.4. The van der Waals surface area contributed by atoms with Crippen molar-refractivity contribution in [2.75, 3.05) is 5.32 Å². The van der Waals surface area contributed by atoms with Crippen LogP contribution in [0.2, 0.25) is 0 Å². The van der Waals surface area contributed by atoms with Crippen LogP contribution >= 0.6 is 0 Å².